The molecule has 3 rings (SSSR count). The second-order valence-electron chi connectivity index (χ2n) is 5.80. The zero-order valence-electron chi connectivity index (χ0n) is 13.0. The van der Waals surface area contributed by atoms with E-state index in [-0.39, 0.29) is 12.5 Å². The van der Waals surface area contributed by atoms with Gasteiger partial charge in [0.2, 0.25) is 0 Å². The number of likely N-dealkylation sites (tertiary alicyclic amines) is 1. The first-order chi connectivity index (χ1) is 11.1. The van der Waals surface area contributed by atoms with Gasteiger partial charge < -0.3 is 15.4 Å². The van der Waals surface area contributed by atoms with E-state index in [2.05, 4.69) is 0 Å². The molecule has 0 spiro atoms. The monoisotopic (exact) mass is 312 g/mol. The number of amides is 1. The summed E-state index contributed by atoms with van der Waals surface area (Å²) in [6.07, 6.45) is 3.17. The Hall–Kier alpha value is -2.56. The summed E-state index contributed by atoms with van der Waals surface area (Å²) in [7, 11) is 0. The molecule has 5 heteroatoms. The van der Waals surface area contributed by atoms with Crippen LogP contribution in [0.1, 0.15) is 29.6 Å². The van der Waals surface area contributed by atoms with Crippen LogP contribution in [0.4, 0.5) is 5.69 Å². The molecule has 1 aliphatic heterocycles. The third-order valence-corrected chi connectivity index (χ3v) is 4.17. The number of nitrogen functional groups attached to an aromatic ring is 1. The minimum absolute atomic E-state index is 0.141. The minimum atomic E-state index is -0.557. The lowest BCUT2D eigenvalue weighted by atomic mass is 10.1. The molecule has 120 valence electrons. The molecular formula is C18H20N2O3. The summed E-state index contributed by atoms with van der Waals surface area (Å²) in [5.74, 6) is -0.698. The van der Waals surface area contributed by atoms with Crippen LogP contribution in [-0.4, -0.2) is 36.5 Å². The van der Waals surface area contributed by atoms with E-state index in [1.165, 1.54) is 0 Å². The van der Waals surface area contributed by atoms with E-state index in [1.807, 2.05) is 24.3 Å². The number of rotatable bonds is 3. The zero-order valence-corrected chi connectivity index (χ0v) is 13.0. The first-order valence-corrected chi connectivity index (χ1v) is 7.88. The van der Waals surface area contributed by atoms with Gasteiger partial charge in [0.25, 0.3) is 5.91 Å². The molecule has 0 bridgehead atoms. The lowest BCUT2D eigenvalue weighted by Gasteiger charge is -2.26. The van der Waals surface area contributed by atoms with Gasteiger partial charge in [-0.3, -0.25) is 4.79 Å². The molecule has 0 saturated carbocycles. The highest BCUT2D eigenvalue weighted by Crippen LogP contribution is 2.22. The Morgan fingerprint density at radius 1 is 1.04 bits per heavy atom. The highest BCUT2D eigenvalue weighted by molar-refractivity contribution is 6.01. The molecule has 1 aliphatic rings. The van der Waals surface area contributed by atoms with Crippen LogP contribution < -0.4 is 5.73 Å². The Morgan fingerprint density at radius 2 is 1.70 bits per heavy atom. The fourth-order valence-corrected chi connectivity index (χ4v) is 2.87. The number of carbonyl (C=O) groups is 2. The van der Waals surface area contributed by atoms with Crippen molar-refractivity contribution in [2.24, 2.45) is 0 Å². The zero-order chi connectivity index (χ0) is 16.2. The van der Waals surface area contributed by atoms with Gasteiger partial charge in [0.05, 0.1) is 5.56 Å². The molecule has 23 heavy (non-hydrogen) atoms. The maximum atomic E-state index is 12.2. The predicted molar refractivity (Wildman–Crippen MR) is 89.1 cm³/mol. The topological polar surface area (TPSA) is 72.6 Å². The van der Waals surface area contributed by atoms with Crippen molar-refractivity contribution in [3.05, 3.63) is 42.0 Å². The van der Waals surface area contributed by atoms with Crippen molar-refractivity contribution in [3.63, 3.8) is 0 Å². The maximum absolute atomic E-state index is 12.2. The fourth-order valence-electron chi connectivity index (χ4n) is 2.87. The van der Waals surface area contributed by atoms with E-state index in [0.717, 1.165) is 43.1 Å². The third-order valence-electron chi connectivity index (χ3n) is 4.17. The van der Waals surface area contributed by atoms with Crippen LogP contribution in [0.5, 0.6) is 0 Å². The molecule has 2 N–H and O–H groups in total. The third kappa shape index (κ3) is 3.44. The normalized spacial score (nSPS) is 14.7. The number of hydrogen-bond acceptors (Lipinski definition) is 4. The first kappa shape index (κ1) is 15.3. The van der Waals surface area contributed by atoms with Gasteiger partial charge in [0.1, 0.15) is 0 Å². The predicted octanol–water partition coefficient (Wildman–Crippen LogP) is 2.59. The summed E-state index contributed by atoms with van der Waals surface area (Å²) in [4.78, 5) is 26.0. The van der Waals surface area contributed by atoms with Gasteiger partial charge in [0, 0.05) is 18.8 Å². The van der Waals surface area contributed by atoms with Crippen molar-refractivity contribution < 1.29 is 14.3 Å². The number of anilines is 1. The van der Waals surface area contributed by atoms with Gasteiger partial charge in [-0.25, -0.2) is 4.79 Å². The molecular weight excluding hydrogens is 292 g/mol. The van der Waals surface area contributed by atoms with Crippen LogP contribution >= 0.6 is 0 Å². The molecule has 1 saturated heterocycles. The lowest BCUT2D eigenvalue weighted by molar-refractivity contribution is -0.135. The van der Waals surface area contributed by atoms with Crippen molar-refractivity contribution in [3.8, 4) is 0 Å². The average Bonchev–Trinajstić information content (AvgIpc) is 2.59. The Morgan fingerprint density at radius 3 is 2.39 bits per heavy atom. The first-order valence-electron chi connectivity index (χ1n) is 7.88. The molecule has 1 heterocycles. The molecule has 1 fully saturated rings. The molecule has 0 radical (unpaired) electrons. The molecule has 0 aromatic heterocycles. The highest BCUT2D eigenvalue weighted by Gasteiger charge is 2.19. The second kappa shape index (κ2) is 6.69. The number of fused-ring (bicyclic) bond motifs is 1. The van der Waals surface area contributed by atoms with Crippen LogP contribution in [0.25, 0.3) is 10.8 Å². The van der Waals surface area contributed by atoms with Crippen LogP contribution in [0.15, 0.2) is 36.4 Å². The van der Waals surface area contributed by atoms with Gasteiger partial charge >= 0.3 is 5.97 Å². The number of ether oxygens (including phenoxy) is 1. The van der Waals surface area contributed by atoms with E-state index in [1.54, 1.807) is 17.0 Å². The number of piperidine rings is 1. The van der Waals surface area contributed by atoms with Crippen LogP contribution in [-0.2, 0) is 9.53 Å². The van der Waals surface area contributed by atoms with Gasteiger partial charge in [-0.1, -0.05) is 24.3 Å². The minimum Gasteiger partial charge on any atom is -0.452 e. The van der Waals surface area contributed by atoms with E-state index in [0.29, 0.717) is 11.3 Å². The molecule has 2 aromatic rings. The number of nitrogens with two attached hydrogens (primary N) is 1. The summed E-state index contributed by atoms with van der Waals surface area (Å²) in [6, 6.07) is 11.1. The van der Waals surface area contributed by atoms with E-state index >= 15 is 0 Å². The number of hydrogen-bond donors (Lipinski definition) is 1. The molecule has 5 nitrogen and oxygen atoms in total. The van der Waals surface area contributed by atoms with Crippen molar-refractivity contribution in [2.75, 3.05) is 25.4 Å². The summed E-state index contributed by atoms with van der Waals surface area (Å²) in [5.41, 5.74) is 6.60. The Balaban J connectivity index is 1.68. The molecule has 2 aromatic carbocycles. The van der Waals surface area contributed by atoms with Gasteiger partial charge in [-0.2, -0.15) is 0 Å². The Labute approximate surface area is 135 Å². The summed E-state index contributed by atoms with van der Waals surface area (Å²) < 4.78 is 5.16. The smallest absolute Gasteiger partial charge is 0.340 e. The van der Waals surface area contributed by atoms with E-state index in [4.69, 9.17) is 10.5 Å². The molecule has 0 atom stereocenters. The number of carbonyl (C=O) groups excluding carboxylic acids is 2. The van der Waals surface area contributed by atoms with Gasteiger partial charge in [-0.15, -0.1) is 0 Å². The average molecular weight is 312 g/mol. The van der Waals surface area contributed by atoms with Gasteiger partial charge in [0.15, 0.2) is 6.61 Å². The quantitative estimate of drug-likeness (QED) is 0.698. The Bertz CT molecular complexity index is 736. The molecule has 0 aliphatic carbocycles. The number of nitrogens with zero attached hydrogens (tertiary/aromatic N) is 1. The van der Waals surface area contributed by atoms with Gasteiger partial charge in [-0.05, 0) is 42.2 Å². The van der Waals surface area contributed by atoms with E-state index in [9.17, 15) is 9.59 Å². The van der Waals surface area contributed by atoms with Crippen LogP contribution in [0.2, 0.25) is 0 Å². The molecule has 0 unspecified atom stereocenters. The fraction of sp³-hybridized carbons (Fsp3) is 0.333. The van der Waals surface area contributed by atoms with Crippen molar-refractivity contribution >= 4 is 28.3 Å². The van der Waals surface area contributed by atoms with E-state index < -0.39 is 5.97 Å². The van der Waals surface area contributed by atoms with Crippen LogP contribution in [0.3, 0.4) is 0 Å². The number of esters is 1. The summed E-state index contributed by atoms with van der Waals surface area (Å²) >= 11 is 0. The van der Waals surface area contributed by atoms with Crippen LogP contribution in [0, 0.1) is 0 Å². The SMILES string of the molecule is Nc1cc2ccccc2cc1C(=O)OCC(=O)N1CCCCC1. The van der Waals surface area contributed by atoms with Crippen molar-refractivity contribution in [1.82, 2.24) is 4.90 Å². The largest absolute Gasteiger partial charge is 0.452 e. The molecule has 1 amide bonds. The second-order valence-corrected chi connectivity index (χ2v) is 5.80. The lowest BCUT2D eigenvalue weighted by Crippen LogP contribution is -2.38. The summed E-state index contributed by atoms with van der Waals surface area (Å²) in [6.45, 7) is 1.26. The standard InChI is InChI=1S/C18H20N2O3/c19-16-11-14-7-3-2-6-13(14)10-15(16)18(22)23-12-17(21)20-8-4-1-5-9-20/h2-3,6-7,10-11H,1,4-5,8-9,12,19H2. The summed E-state index contributed by atoms with van der Waals surface area (Å²) in [5, 5.41) is 1.88. The van der Waals surface area contributed by atoms with Crippen molar-refractivity contribution in [2.45, 2.75) is 19.3 Å². The van der Waals surface area contributed by atoms with Crippen molar-refractivity contribution in [1.29, 1.82) is 0 Å². The number of benzene rings is 2. The highest BCUT2D eigenvalue weighted by atomic mass is 16.5. The maximum Gasteiger partial charge on any atom is 0.340 e. The Kier molecular flexibility index (Phi) is 4.46.